The van der Waals surface area contributed by atoms with Crippen molar-refractivity contribution in [3.05, 3.63) is 75.6 Å². The molecule has 0 saturated heterocycles. The molecule has 0 fully saturated rings. The van der Waals surface area contributed by atoms with Gasteiger partial charge in [0.15, 0.2) is 0 Å². The maximum Gasteiger partial charge on any atom is 0.267 e. The quantitative estimate of drug-likeness (QED) is 0.777. The highest BCUT2D eigenvalue weighted by atomic mass is 16.3. The summed E-state index contributed by atoms with van der Waals surface area (Å²) in [4.78, 5) is 25.2. The number of amides is 1. The highest BCUT2D eigenvalue weighted by Gasteiger charge is 2.25. The van der Waals surface area contributed by atoms with Crippen LogP contribution in [0.3, 0.4) is 0 Å². The van der Waals surface area contributed by atoms with Gasteiger partial charge in [-0.3, -0.25) is 9.59 Å². The molecular weight excluding hydrogens is 304 g/mol. The van der Waals surface area contributed by atoms with E-state index in [0.29, 0.717) is 18.5 Å². The van der Waals surface area contributed by atoms with Crippen molar-refractivity contribution < 1.29 is 9.90 Å². The second-order valence-corrected chi connectivity index (χ2v) is 5.91. The minimum atomic E-state index is -0.552. The number of nitrogens with zero attached hydrogens (tertiary/aromatic N) is 1. The zero-order valence-corrected chi connectivity index (χ0v) is 13.0. The SMILES string of the molecule is O=C(NCc1ccccc1)c1c(O)c2cccc3c2n(c1=O)CC3. The molecule has 0 unspecified atom stereocenters. The molecule has 5 nitrogen and oxygen atoms in total. The molecule has 0 atom stereocenters. The van der Waals surface area contributed by atoms with Crippen LogP contribution in [-0.4, -0.2) is 15.6 Å². The Hall–Kier alpha value is -3.08. The third kappa shape index (κ3) is 2.17. The summed E-state index contributed by atoms with van der Waals surface area (Å²) in [6.07, 6.45) is 0.737. The van der Waals surface area contributed by atoms with Gasteiger partial charge in [0.1, 0.15) is 11.3 Å². The summed E-state index contributed by atoms with van der Waals surface area (Å²) in [6, 6.07) is 15.0. The van der Waals surface area contributed by atoms with Crippen molar-refractivity contribution in [3.8, 4) is 5.75 Å². The van der Waals surface area contributed by atoms with Crippen molar-refractivity contribution in [3.63, 3.8) is 0 Å². The van der Waals surface area contributed by atoms with Crippen LogP contribution in [0.25, 0.3) is 10.9 Å². The van der Waals surface area contributed by atoms with E-state index < -0.39 is 11.5 Å². The number of hydrogen-bond donors (Lipinski definition) is 2. The van der Waals surface area contributed by atoms with Crippen LogP contribution in [0.15, 0.2) is 53.3 Å². The van der Waals surface area contributed by atoms with Gasteiger partial charge in [-0.15, -0.1) is 0 Å². The zero-order valence-electron chi connectivity index (χ0n) is 13.0. The zero-order chi connectivity index (χ0) is 16.7. The minimum Gasteiger partial charge on any atom is -0.506 e. The van der Waals surface area contributed by atoms with Crippen LogP contribution in [-0.2, 0) is 19.5 Å². The number of aromatic hydroxyl groups is 1. The topological polar surface area (TPSA) is 71.3 Å². The summed E-state index contributed by atoms with van der Waals surface area (Å²) in [7, 11) is 0. The Labute approximate surface area is 138 Å². The molecule has 5 heteroatoms. The van der Waals surface area contributed by atoms with Gasteiger partial charge in [0.25, 0.3) is 11.5 Å². The van der Waals surface area contributed by atoms with E-state index >= 15 is 0 Å². The van der Waals surface area contributed by atoms with Crippen molar-refractivity contribution >= 4 is 16.8 Å². The fourth-order valence-electron chi connectivity index (χ4n) is 3.29. The molecule has 1 aliphatic rings. The monoisotopic (exact) mass is 320 g/mol. The van der Waals surface area contributed by atoms with Gasteiger partial charge in [0.05, 0.1) is 5.52 Å². The van der Waals surface area contributed by atoms with Crippen LogP contribution in [0.4, 0.5) is 0 Å². The number of para-hydroxylation sites is 1. The minimum absolute atomic E-state index is 0.183. The lowest BCUT2D eigenvalue weighted by molar-refractivity contribution is 0.0946. The fraction of sp³-hybridized carbons (Fsp3) is 0.158. The number of aryl methyl sites for hydroxylation is 2. The number of benzene rings is 2. The van der Waals surface area contributed by atoms with Crippen molar-refractivity contribution in [2.45, 2.75) is 19.5 Å². The van der Waals surface area contributed by atoms with Gasteiger partial charge in [-0.05, 0) is 23.6 Å². The average molecular weight is 320 g/mol. The Balaban J connectivity index is 1.75. The van der Waals surface area contributed by atoms with E-state index in [1.165, 1.54) is 0 Å². The van der Waals surface area contributed by atoms with Crippen LogP contribution in [0, 0.1) is 0 Å². The maximum absolute atomic E-state index is 12.7. The number of carbonyl (C=O) groups is 1. The first-order chi connectivity index (χ1) is 11.7. The molecule has 24 heavy (non-hydrogen) atoms. The smallest absolute Gasteiger partial charge is 0.267 e. The highest BCUT2D eigenvalue weighted by molar-refractivity contribution is 6.03. The van der Waals surface area contributed by atoms with Crippen LogP contribution in [0.1, 0.15) is 21.5 Å². The van der Waals surface area contributed by atoms with E-state index in [0.717, 1.165) is 23.1 Å². The van der Waals surface area contributed by atoms with E-state index in [9.17, 15) is 14.7 Å². The van der Waals surface area contributed by atoms with Gasteiger partial charge in [-0.1, -0.05) is 42.5 Å². The fourth-order valence-corrected chi connectivity index (χ4v) is 3.29. The van der Waals surface area contributed by atoms with Crippen molar-refractivity contribution in [2.75, 3.05) is 0 Å². The van der Waals surface area contributed by atoms with E-state index in [1.54, 1.807) is 10.6 Å². The first kappa shape index (κ1) is 14.5. The lowest BCUT2D eigenvalue weighted by atomic mass is 10.1. The Morgan fingerprint density at radius 3 is 2.71 bits per heavy atom. The van der Waals surface area contributed by atoms with E-state index in [4.69, 9.17) is 0 Å². The number of carbonyl (C=O) groups excluding carboxylic acids is 1. The molecular formula is C19H16N2O3. The molecule has 0 spiro atoms. The molecule has 0 aliphatic carbocycles. The molecule has 0 bridgehead atoms. The van der Waals surface area contributed by atoms with Gasteiger partial charge in [-0.25, -0.2) is 0 Å². The predicted molar refractivity (Wildman–Crippen MR) is 91.2 cm³/mol. The van der Waals surface area contributed by atoms with Gasteiger partial charge >= 0.3 is 0 Å². The van der Waals surface area contributed by atoms with Gasteiger partial charge in [0, 0.05) is 18.5 Å². The van der Waals surface area contributed by atoms with Crippen molar-refractivity contribution in [1.29, 1.82) is 0 Å². The van der Waals surface area contributed by atoms with Gasteiger partial charge in [-0.2, -0.15) is 0 Å². The molecule has 3 aromatic rings. The van der Waals surface area contributed by atoms with Crippen molar-refractivity contribution in [1.82, 2.24) is 9.88 Å². The molecule has 1 amide bonds. The summed E-state index contributed by atoms with van der Waals surface area (Å²) in [6.45, 7) is 0.838. The lowest BCUT2D eigenvalue weighted by Gasteiger charge is -2.11. The predicted octanol–water partition coefficient (Wildman–Crippen LogP) is 2.19. The molecule has 4 rings (SSSR count). The van der Waals surface area contributed by atoms with Gasteiger partial charge < -0.3 is 15.0 Å². The Kier molecular flexibility index (Phi) is 3.34. The largest absolute Gasteiger partial charge is 0.506 e. The molecule has 120 valence electrons. The number of nitrogens with one attached hydrogen (secondary N) is 1. The van der Waals surface area contributed by atoms with E-state index in [2.05, 4.69) is 5.32 Å². The van der Waals surface area contributed by atoms with Crippen LogP contribution in [0.2, 0.25) is 0 Å². The molecule has 0 saturated carbocycles. The van der Waals surface area contributed by atoms with E-state index in [1.807, 2.05) is 42.5 Å². The number of aromatic nitrogens is 1. The first-order valence-electron chi connectivity index (χ1n) is 7.86. The lowest BCUT2D eigenvalue weighted by Crippen LogP contribution is -2.32. The maximum atomic E-state index is 12.7. The Morgan fingerprint density at radius 2 is 1.92 bits per heavy atom. The number of hydrogen-bond acceptors (Lipinski definition) is 3. The summed E-state index contributed by atoms with van der Waals surface area (Å²) < 4.78 is 1.59. The molecule has 1 aromatic heterocycles. The molecule has 1 aliphatic heterocycles. The van der Waals surface area contributed by atoms with Crippen LogP contribution in [0.5, 0.6) is 5.75 Å². The summed E-state index contributed by atoms with van der Waals surface area (Å²) in [5.41, 5.74) is 2.07. The molecule has 0 radical (unpaired) electrons. The highest BCUT2D eigenvalue weighted by Crippen LogP contribution is 2.31. The second-order valence-electron chi connectivity index (χ2n) is 5.91. The van der Waals surface area contributed by atoms with E-state index in [-0.39, 0.29) is 11.3 Å². The number of rotatable bonds is 3. The Morgan fingerprint density at radius 1 is 1.12 bits per heavy atom. The third-order valence-electron chi connectivity index (χ3n) is 4.47. The molecule has 2 heterocycles. The first-order valence-corrected chi connectivity index (χ1v) is 7.86. The summed E-state index contributed by atoms with van der Waals surface area (Å²) in [5.74, 6) is -0.787. The number of pyridine rings is 1. The van der Waals surface area contributed by atoms with Gasteiger partial charge in [0.2, 0.25) is 0 Å². The summed E-state index contributed by atoms with van der Waals surface area (Å²) >= 11 is 0. The second kappa shape index (κ2) is 5.53. The van der Waals surface area contributed by atoms with Crippen LogP contribution < -0.4 is 10.9 Å². The standard InChI is InChI=1S/C19H16N2O3/c22-17-14-8-4-7-13-9-10-21(16(13)14)19(24)15(17)18(23)20-11-12-5-2-1-3-6-12/h1-8,22H,9-11H2,(H,20,23). The summed E-state index contributed by atoms with van der Waals surface area (Å²) in [5, 5.41) is 13.8. The van der Waals surface area contributed by atoms with Crippen molar-refractivity contribution in [2.24, 2.45) is 0 Å². The Bertz CT molecular complexity index is 1010. The van der Waals surface area contributed by atoms with Crippen LogP contribution >= 0.6 is 0 Å². The third-order valence-corrected chi connectivity index (χ3v) is 4.47. The molecule has 2 N–H and O–H groups in total. The molecule has 2 aromatic carbocycles. The normalized spacial score (nSPS) is 12.5. The average Bonchev–Trinajstić information content (AvgIpc) is 3.04.